The Morgan fingerprint density at radius 1 is 2.00 bits per heavy atom. The van der Waals surface area contributed by atoms with Crippen LogP contribution >= 0.6 is 0 Å². The molecule has 0 atom stereocenters. The Morgan fingerprint density at radius 3 is 2.50 bits per heavy atom. The van der Waals surface area contributed by atoms with Crippen molar-refractivity contribution >= 4 is 20.9 Å². The second-order valence-corrected chi connectivity index (χ2v) is 2.62. The summed E-state index contributed by atoms with van der Waals surface area (Å²) >= 11 is 0.235. The number of carboxylic acid groups (broad SMARTS) is 1. The monoisotopic (exact) mass is 153 g/mol. The van der Waals surface area contributed by atoms with Crippen molar-refractivity contribution < 1.29 is 9.90 Å². The van der Waals surface area contributed by atoms with E-state index in [1.807, 2.05) is 5.82 Å². The number of carbonyl (C=O) groups is 1. The Labute approximate surface area is 42.7 Å². The molecule has 0 aromatic heterocycles. The van der Waals surface area contributed by atoms with Crippen molar-refractivity contribution in [3.63, 3.8) is 0 Å². The van der Waals surface area contributed by atoms with Crippen LogP contribution in [0.1, 0.15) is 0 Å². The van der Waals surface area contributed by atoms with Gasteiger partial charge in [-0.25, -0.2) is 0 Å². The summed E-state index contributed by atoms with van der Waals surface area (Å²) in [6, 6.07) is 0. The van der Waals surface area contributed by atoms with E-state index in [9.17, 15) is 9.90 Å². The third kappa shape index (κ3) is 3.99. The Kier molecular flexibility index (Phi) is 3.18. The summed E-state index contributed by atoms with van der Waals surface area (Å²) in [6.07, 6.45) is 0. The molecule has 0 amide bonds. The molecule has 0 saturated heterocycles. The zero-order valence-electron chi connectivity index (χ0n) is 3.43. The number of carbonyl (C=O) groups excluding carboxylic acids is 1. The quantitative estimate of drug-likeness (QED) is 0.471. The van der Waals surface area contributed by atoms with Crippen LogP contribution < -0.4 is 5.11 Å². The predicted molar refractivity (Wildman–Crippen MR) is 21.4 cm³/mol. The predicted octanol–water partition coefficient (Wildman–Crippen LogP) is -1.09. The van der Waals surface area contributed by atoms with Crippen molar-refractivity contribution in [3.8, 4) is 0 Å². The van der Waals surface area contributed by atoms with Crippen LogP contribution in [0.4, 0.5) is 0 Å². The first-order chi connectivity index (χ1) is 2.77. The van der Waals surface area contributed by atoms with Crippen molar-refractivity contribution in [2.45, 2.75) is 11.1 Å². The van der Waals surface area contributed by atoms with E-state index in [-0.39, 0.29) is 20.3 Å². The van der Waals surface area contributed by atoms with Gasteiger partial charge in [0, 0.05) is 0 Å². The summed E-state index contributed by atoms with van der Waals surface area (Å²) in [5, 5.41) is 9.75. The van der Waals surface area contributed by atoms with Crippen LogP contribution in [0.25, 0.3) is 0 Å². The molecule has 0 spiro atoms. The van der Waals surface area contributed by atoms with E-state index >= 15 is 0 Å². The third-order valence-electron chi connectivity index (χ3n) is 0.262. The normalized spacial score (nSPS) is 8.17. The van der Waals surface area contributed by atoms with Crippen LogP contribution in [-0.4, -0.2) is 20.9 Å². The number of carboxylic acids is 1. The molecule has 6 heavy (non-hydrogen) atoms. The van der Waals surface area contributed by atoms with Gasteiger partial charge >= 0.3 is 42.0 Å². The van der Waals surface area contributed by atoms with Gasteiger partial charge in [-0.3, -0.25) is 0 Å². The van der Waals surface area contributed by atoms with E-state index in [1.165, 1.54) is 0 Å². The van der Waals surface area contributed by atoms with E-state index in [2.05, 4.69) is 0 Å². The second kappa shape index (κ2) is 3.19. The number of hydrogen-bond acceptors (Lipinski definition) is 2. The average molecular weight is 152 g/mol. The third-order valence-corrected chi connectivity index (χ3v) is 1.36. The van der Waals surface area contributed by atoms with Crippen LogP contribution in [0, 0.1) is 0 Å². The van der Waals surface area contributed by atoms with E-state index < -0.39 is 5.97 Å². The molecule has 0 aliphatic heterocycles. The van der Waals surface area contributed by atoms with E-state index in [0.717, 1.165) is 0 Å². The molecule has 0 unspecified atom stereocenters. The van der Waals surface area contributed by atoms with E-state index in [0.29, 0.717) is 0 Å². The molecule has 0 saturated carbocycles. The molecule has 0 N–H and O–H groups in total. The molecule has 0 aromatic carbocycles. The summed E-state index contributed by atoms with van der Waals surface area (Å²) in [6.45, 7) is 0. The van der Waals surface area contributed by atoms with Gasteiger partial charge < -0.3 is 0 Å². The minimum atomic E-state index is -0.933. The standard InChI is InChI=1S/C3H6O2Se/c1-6-2-3(4)5/h2H2,1H3,(H,4,5)/p-1. The van der Waals surface area contributed by atoms with Gasteiger partial charge in [-0.2, -0.15) is 0 Å². The molecule has 3 heteroatoms. The number of aliphatic carboxylic acids is 1. The fourth-order valence-corrected chi connectivity index (χ4v) is 0.612. The van der Waals surface area contributed by atoms with Crippen LogP contribution in [0.15, 0.2) is 0 Å². The molecule has 36 valence electrons. The van der Waals surface area contributed by atoms with Crippen molar-refractivity contribution in [3.05, 3.63) is 0 Å². The first-order valence-electron chi connectivity index (χ1n) is 1.46. The van der Waals surface area contributed by atoms with Gasteiger partial charge in [0.25, 0.3) is 0 Å². The first-order valence-corrected chi connectivity index (χ1v) is 4.38. The summed E-state index contributed by atoms with van der Waals surface area (Å²) in [4.78, 5) is 9.50. The maximum absolute atomic E-state index is 9.50. The fraction of sp³-hybridized carbons (Fsp3) is 0.667. The van der Waals surface area contributed by atoms with Gasteiger partial charge in [0.15, 0.2) is 0 Å². The van der Waals surface area contributed by atoms with E-state index in [4.69, 9.17) is 0 Å². The molecule has 0 aliphatic rings. The zero-order valence-corrected chi connectivity index (χ0v) is 5.14. The Morgan fingerprint density at radius 2 is 2.50 bits per heavy atom. The van der Waals surface area contributed by atoms with Gasteiger partial charge in [-0.15, -0.1) is 0 Å². The van der Waals surface area contributed by atoms with Gasteiger partial charge in [-0.1, -0.05) is 0 Å². The molecule has 0 fully saturated rings. The molecule has 0 aliphatic carbocycles. The zero-order chi connectivity index (χ0) is 4.99. The van der Waals surface area contributed by atoms with Gasteiger partial charge in [-0.05, 0) is 0 Å². The molecule has 0 aromatic rings. The van der Waals surface area contributed by atoms with Crippen molar-refractivity contribution in [1.82, 2.24) is 0 Å². The molecular weight excluding hydrogens is 147 g/mol. The Bertz CT molecular complexity index is 52.8. The van der Waals surface area contributed by atoms with Gasteiger partial charge in [0.1, 0.15) is 0 Å². The molecule has 2 nitrogen and oxygen atoms in total. The fourth-order valence-electron chi connectivity index (χ4n) is 0.118. The Balaban J connectivity index is 2.83. The maximum atomic E-state index is 9.50. The molecule has 0 bridgehead atoms. The van der Waals surface area contributed by atoms with Crippen LogP contribution in [0.3, 0.4) is 0 Å². The summed E-state index contributed by atoms with van der Waals surface area (Å²) < 4.78 is 0. The summed E-state index contributed by atoms with van der Waals surface area (Å²) in [5.41, 5.74) is 0. The number of rotatable bonds is 2. The SMILES string of the molecule is C[Se]CC(=O)[O-]. The minimum absolute atomic E-state index is 0.235. The number of hydrogen-bond donors (Lipinski definition) is 0. The Hall–Kier alpha value is -0.0105. The molecule has 0 rings (SSSR count). The molecular formula is C3H5O2Se-. The topological polar surface area (TPSA) is 40.1 Å². The van der Waals surface area contributed by atoms with Gasteiger partial charge in [0.2, 0.25) is 0 Å². The van der Waals surface area contributed by atoms with Crippen molar-refractivity contribution in [2.75, 3.05) is 0 Å². The molecule has 0 radical (unpaired) electrons. The van der Waals surface area contributed by atoms with E-state index in [1.54, 1.807) is 0 Å². The van der Waals surface area contributed by atoms with Crippen LogP contribution in [0.5, 0.6) is 0 Å². The molecule has 0 heterocycles. The van der Waals surface area contributed by atoms with Gasteiger partial charge in [0.05, 0.1) is 0 Å². The summed E-state index contributed by atoms with van der Waals surface area (Å²) in [7, 11) is 0. The first kappa shape index (κ1) is 5.99. The van der Waals surface area contributed by atoms with Crippen molar-refractivity contribution in [2.24, 2.45) is 0 Å². The van der Waals surface area contributed by atoms with Crippen LogP contribution in [-0.2, 0) is 4.79 Å². The van der Waals surface area contributed by atoms with Crippen molar-refractivity contribution in [1.29, 1.82) is 0 Å². The van der Waals surface area contributed by atoms with Crippen LogP contribution in [0.2, 0.25) is 11.1 Å². The average Bonchev–Trinajstić information content (AvgIpc) is 1.35. The second-order valence-electron chi connectivity index (χ2n) is 0.805. The summed E-state index contributed by atoms with van der Waals surface area (Å²) in [5.74, 6) is 0.931.